The van der Waals surface area contributed by atoms with Crippen molar-refractivity contribution in [3.05, 3.63) is 27.2 Å². The third-order valence-electron chi connectivity index (χ3n) is 1.46. The minimum atomic E-state index is -2.93. The minimum Gasteiger partial charge on any atom is -0.433 e. The number of hydrogen-bond acceptors (Lipinski definition) is 2. The average Bonchev–Trinajstić information content (AvgIpc) is 2.08. The zero-order chi connectivity index (χ0) is 10.7. The Kier molecular flexibility index (Phi) is 4.10. The molecule has 0 aliphatic rings. The van der Waals surface area contributed by atoms with E-state index >= 15 is 0 Å². The number of rotatable bonds is 3. The first-order chi connectivity index (χ1) is 6.54. The van der Waals surface area contributed by atoms with Gasteiger partial charge in [-0.1, -0.05) is 11.6 Å². The Morgan fingerprint density at radius 3 is 2.64 bits per heavy atom. The summed E-state index contributed by atoms with van der Waals surface area (Å²) >= 11 is 8.67. The van der Waals surface area contributed by atoms with Crippen molar-refractivity contribution in [1.82, 2.24) is 0 Å². The predicted molar refractivity (Wildman–Crippen MR) is 51.7 cm³/mol. The van der Waals surface area contributed by atoms with Crippen molar-refractivity contribution in [3.8, 4) is 5.75 Å². The molecule has 0 bridgehead atoms. The number of aliphatic hydroxyl groups excluding tert-OH is 1. The Morgan fingerprint density at radius 2 is 2.14 bits per heavy atom. The number of benzene rings is 1. The van der Waals surface area contributed by atoms with Crippen LogP contribution in [-0.4, -0.2) is 11.7 Å². The van der Waals surface area contributed by atoms with Crippen LogP contribution >= 0.6 is 27.5 Å². The molecule has 14 heavy (non-hydrogen) atoms. The van der Waals surface area contributed by atoms with Gasteiger partial charge < -0.3 is 9.84 Å². The predicted octanol–water partition coefficient (Wildman–Crippen LogP) is 3.20. The Hall–Kier alpha value is -0.390. The van der Waals surface area contributed by atoms with Crippen molar-refractivity contribution >= 4 is 27.5 Å². The third-order valence-corrected chi connectivity index (χ3v) is 2.27. The Morgan fingerprint density at radius 1 is 1.50 bits per heavy atom. The Balaban J connectivity index is 3.11. The van der Waals surface area contributed by atoms with Gasteiger partial charge in [-0.15, -0.1) is 0 Å². The molecule has 1 N–H and O–H groups in total. The normalized spacial score (nSPS) is 10.7. The van der Waals surface area contributed by atoms with E-state index in [1.807, 2.05) is 0 Å². The van der Waals surface area contributed by atoms with Crippen LogP contribution in [0.2, 0.25) is 5.02 Å². The molecule has 0 fully saturated rings. The topological polar surface area (TPSA) is 29.5 Å². The zero-order valence-corrected chi connectivity index (χ0v) is 9.15. The van der Waals surface area contributed by atoms with Crippen LogP contribution in [0.1, 0.15) is 5.56 Å². The first kappa shape index (κ1) is 11.7. The highest BCUT2D eigenvalue weighted by molar-refractivity contribution is 9.10. The second-order valence-corrected chi connectivity index (χ2v) is 3.70. The highest BCUT2D eigenvalue weighted by Gasteiger charge is 2.13. The van der Waals surface area contributed by atoms with Crippen LogP contribution < -0.4 is 4.74 Å². The van der Waals surface area contributed by atoms with E-state index in [2.05, 4.69) is 20.7 Å². The van der Waals surface area contributed by atoms with Gasteiger partial charge in [0.15, 0.2) is 0 Å². The molecular weight excluding hydrogens is 281 g/mol. The van der Waals surface area contributed by atoms with E-state index in [0.717, 1.165) is 0 Å². The van der Waals surface area contributed by atoms with Crippen LogP contribution in [0.25, 0.3) is 0 Å². The lowest BCUT2D eigenvalue weighted by molar-refractivity contribution is -0.0514. The van der Waals surface area contributed by atoms with Gasteiger partial charge in [0.2, 0.25) is 0 Å². The van der Waals surface area contributed by atoms with E-state index in [-0.39, 0.29) is 15.8 Å². The molecule has 1 rings (SSSR count). The van der Waals surface area contributed by atoms with Gasteiger partial charge in [0.05, 0.1) is 11.1 Å². The van der Waals surface area contributed by atoms with E-state index in [1.165, 1.54) is 12.1 Å². The van der Waals surface area contributed by atoms with Crippen molar-refractivity contribution in [1.29, 1.82) is 0 Å². The molecule has 78 valence electrons. The SMILES string of the molecule is OCc1cc(Cl)cc(Br)c1OC(F)F. The maximum absolute atomic E-state index is 12.0. The molecule has 0 aliphatic heterocycles. The zero-order valence-electron chi connectivity index (χ0n) is 6.81. The monoisotopic (exact) mass is 286 g/mol. The fourth-order valence-electron chi connectivity index (χ4n) is 0.952. The van der Waals surface area contributed by atoms with Gasteiger partial charge in [0, 0.05) is 10.6 Å². The van der Waals surface area contributed by atoms with Crippen molar-refractivity contribution in [2.75, 3.05) is 0 Å². The molecule has 2 nitrogen and oxygen atoms in total. The third kappa shape index (κ3) is 2.80. The summed E-state index contributed by atoms with van der Waals surface area (Å²) in [6.45, 7) is -3.35. The van der Waals surface area contributed by atoms with Crippen molar-refractivity contribution in [2.24, 2.45) is 0 Å². The summed E-state index contributed by atoms with van der Waals surface area (Å²) < 4.78 is 28.4. The van der Waals surface area contributed by atoms with E-state index in [9.17, 15) is 8.78 Å². The van der Waals surface area contributed by atoms with Crippen LogP contribution in [-0.2, 0) is 6.61 Å². The van der Waals surface area contributed by atoms with Gasteiger partial charge in [-0.05, 0) is 28.1 Å². The highest BCUT2D eigenvalue weighted by Crippen LogP contribution is 2.33. The molecule has 0 heterocycles. The summed E-state index contributed by atoms with van der Waals surface area (Å²) in [5.41, 5.74) is 0.213. The average molecular weight is 287 g/mol. The number of aliphatic hydroxyl groups is 1. The van der Waals surface area contributed by atoms with Crippen molar-refractivity contribution in [2.45, 2.75) is 13.2 Å². The molecule has 6 heteroatoms. The van der Waals surface area contributed by atoms with Gasteiger partial charge in [-0.2, -0.15) is 8.78 Å². The minimum absolute atomic E-state index is 0.0908. The molecule has 0 unspecified atom stereocenters. The van der Waals surface area contributed by atoms with E-state index < -0.39 is 13.2 Å². The first-order valence-electron chi connectivity index (χ1n) is 3.58. The van der Waals surface area contributed by atoms with Crippen LogP contribution in [0.3, 0.4) is 0 Å². The molecule has 0 saturated carbocycles. The molecule has 0 amide bonds. The largest absolute Gasteiger partial charge is 0.433 e. The van der Waals surface area contributed by atoms with Gasteiger partial charge in [0.25, 0.3) is 0 Å². The Labute approximate surface area is 92.6 Å². The number of alkyl halides is 2. The Bertz CT molecular complexity index is 333. The lowest BCUT2D eigenvalue weighted by Gasteiger charge is -2.11. The second kappa shape index (κ2) is 4.91. The molecule has 0 radical (unpaired) electrons. The van der Waals surface area contributed by atoms with Gasteiger partial charge >= 0.3 is 6.61 Å². The van der Waals surface area contributed by atoms with Gasteiger partial charge in [-0.3, -0.25) is 0 Å². The van der Waals surface area contributed by atoms with Crippen LogP contribution in [0.15, 0.2) is 16.6 Å². The molecule has 0 aliphatic carbocycles. The molecule has 0 atom stereocenters. The van der Waals surface area contributed by atoms with Crippen molar-refractivity contribution in [3.63, 3.8) is 0 Å². The van der Waals surface area contributed by atoms with E-state index in [1.54, 1.807) is 0 Å². The fourth-order valence-corrected chi connectivity index (χ4v) is 1.92. The van der Waals surface area contributed by atoms with Crippen molar-refractivity contribution < 1.29 is 18.6 Å². The van der Waals surface area contributed by atoms with E-state index in [4.69, 9.17) is 16.7 Å². The first-order valence-corrected chi connectivity index (χ1v) is 4.75. The van der Waals surface area contributed by atoms with Crippen LogP contribution in [0, 0.1) is 0 Å². The number of ether oxygens (including phenoxy) is 1. The summed E-state index contributed by atoms with van der Waals surface area (Å²) in [6, 6.07) is 2.78. The van der Waals surface area contributed by atoms with Crippen LogP contribution in [0.5, 0.6) is 5.75 Å². The smallest absolute Gasteiger partial charge is 0.387 e. The van der Waals surface area contributed by atoms with Gasteiger partial charge in [-0.25, -0.2) is 0 Å². The van der Waals surface area contributed by atoms with Gasteiger partial charge in [0.1, 0.15) is 5.75 Å². The summed E-state index contributed by atoms with van der Waals surface area (Å²) in [4.78, 5) is 0. The maximum atomic E-state index is 12.0. The maximum Gasteiger partial charge on any atom is 0.387 e. The molecule has 1 aromatic rings. The van der Waals surface area contributed by atoms with Crippen LogP contribution in [0.4, 0.5) is 8.78 Å². The molecule has 0 spiro atoms. The molecule has 0 aromatic heterocycles. The molecule has 0 saturated heterocycles. The lowest BCUT2D eigenvalue weighted by atomic mass is 10.2. The second-order valence-electron chi connectivity index (χ2n) is 2.41. The fraction of sp³-hybridized carbons (Fsp3) is 0.250. The highest BCUT2D eigenvalue weighted by atomic mass is 79.9. The lowest BCUT2D eigenvalue weighted by Crippen LogP contribution is -2.05. The number of hydrogen-bond donors (Lipinski definition) is 1. The summed E-state index contributed by atoms with van der Waals surface area (Å²) in [5, 5.41) is 9.21. The molecule has 1 aromatic carbocycles. The summed E-state index contributed by atoms with van der Waals surface area (Å²) in [6.07, 6.45) is 0. The summed E-state index contributed by atoms with van der Waals surface area (Å²) in [7, 11) is 0. The standard InChI is InChI=1S/C8H6BrClF2O2/c9-6-2-5(10)1-4(3-13)7(6)14-8(11)12/h1-2,8,13H,3H2. The number of halogens is 4. The summed E-state index contributed by atoms with van der Waals surface area (Å²) in [5.74, 6) is -0.0908. The van der Waals surface area contributed by atoms with E-state index in [0.29, 0.717) is 5.02 Å². The quantitative estimate of drug-likeness (QED) is 0.925. The molecular formula is C8H6BrClF2O2.